The molecule has 1 aromatic carbocycles. The van der Waals surface area contributed by atoms with Crippen molar-refractivity contribution in [1.29, 1.82) is 0 Å². The topological polar surface area (TPSA) is 20.3 Å². The van der Waals surface area contributed by atoms with Crippen LogP contribution in [0.15, 0.2) is 24.3 Å². The number of rotatable bonds is 4. The van der Waals surface area contributed by atoms with Crippen molar-refractivity contribution >= 4 is 23.2 Å². The van der Waals surface area contributed by atoms with E-state index in [-0.39, 0.29) is 12.5 Å². The molecule has 0 heterocycles. The maximum absolute atomic E-state index is 12.0. The molecule has 1 unspecified atom stereocenters. The van der Waals surface area contributed by atoms with Gasteiger partial charge in [0.05, 0.1) is 6.54 Å². The number of hydrogen-bond donors (Lipinski definition) is 0. The molecule has 0 spiro atoms. The minimum absolute atomic E-state index is 0.162. The zero-order valence-corrected chi connectivity index (χ0v) is 10.9. The summed E-state index contributed by atoms with van der Waals surface area (Å²) in [5.74, 6) is 2.34. The van der Waals surface area contributed by atoms with Gasteiger partial charge in [-0.1, -0.05) is 31.0 Å². The smallest absolute Gasteiger partial charge is 0.245 e. The standard InChI is InChI=1S/C14H16ClNO/c1-4-10-16(14(17)11(3)15)13-9-7-6-8-12(13)5-2/h1,6-9,11H,5,10H2,2-3H3. The lowest BCUT2D eigenvalue weighted by Crippen LogP contribution is -2.36. The Labute approximate surface area is 108 Å². The van der Waals surface area contributed by atoms with Gasteiger partial charge >= 0.3 is 0 Å². The van der Waals surface area contributed by atoms with Crippen molar-refractivity contribution in [2.45, 2.75) is 25.6 Å². The van der Waals surface area contributed by atoms with Gasteiger partial charge in [0.15, 0.2) is 0 Å². The molecule has 0 aliphatic carbocycles. The molecule has 0 radical (unpaired) electrons. The van der Waals surface area contributed by atoms with Crippen molar-refractivity contribution in [3.05, 3.63) is 29.8 Å². The summed E-state index contributed by atoms with van der Waals surface area (Å²) in [6, 6.07) is 7.73. The molecule has 0 saturated heterocycles. The first kappa shape index (κ1) is 13.6. The van der Waals surface area contributed by atoms with Crippen molar-refractivity contribution in [2.24, 2.45) is 0 Å². The molecule has 17 heavy (non-hydrogen) atoms. The molecule has 0 aromatic heterocycles. The van der Waals surface area contributed by atoms with Crippen LogP contribution in [0.1, 0.15) is 19.4 Å². The van der Waals surface area contributed by atoms with Crippen molar-refractivity contribution < 1.29 is 4.79 Å². The Morgan fingerprint density at radius 1 is 1.53 bits per heavy atom. The van der Waals surface area contributed by atoms with E-state index in [9.17, 15) is 4.79 Å². The Hall–Kier alpha value is -1.46. The largest absolute Gasteiger partial charge is 0.299 e. The van der Waals surface area contributed by atoms with Gasteiger partial charge in [0.1, 0.15) is 5.38 Å². The van der Waals surface area contributed by atoms with E-state index in [1.807, 2.05) is 31.2 Å². The molecule has 1 atom stereocenters. The number of para-hydroxylation sites is 1. The molecule has 0 fully saturated rings. The summed E-state index contributed by atoms with van der Waals surface area (Å²) in [5.41, 5.74) is 1.94. The van der Waals surface area contributed by atoms with E-state index in [2.05, 4.69) is 5.92 Å². The van der Waals surface area contributed by atoms with Crippen molar-refractivity contribution in [3.63, 3.8) is 0 Å². The fourth-order valence-corrected chi connectivity index (χ4v) is 1.78. The maximum atomic E-state index is 12.0. The Morgan fingerprint density at radius 3 is 2.71 bits per heavy atom. The van der Waals surface area contributed by atoms with Crippen molar-refractivity contribution in [2.75, 3.05) is 11.4 Å². The van der Waals surface area contributed by atoms with Crippen LogP contribution in [-0.2, 0) is 11.2 Å². The molecule has 0 aliphatic heterocycles. The molecular weight excluding hydrogens is 234 g/mol. The van der Waals surface area contributed by atoms with E-state index in [0.29, 0.717) is 0 Å². The summed E-state index contributed by atoms with van der Waals surface area (Å²) < 4.78 is 0. The summed E-state index contributed by atoms with van der Waals surface area (Å²) in [5, 5.41) is -0.576. The SMILES string of the molecule is C#CCN(C(=O)C(C)Cl)c1ccccc1CC. The van der Waals surface area contributed by atoms with Crippen LogP contribution in [0.2, 0.25) is 0 Å². The second-order valence-electron chi connectivity index (χ2n) is 3.73. The first-order valence-corrected chi connectivity index (χ1v) is 6.02. The molecule has 3 heteroatoms. The highest BCUT2D eigenvalue weighted by Crippen LogP contribution is 2.22. The summed E-state index contributed by atoms with van der Waals surface area (Å²) in [6.07, 6.45) is 6.16. The van der Waals surface area contributed by atoms with E-state index in [0.717, 1.165) is 17.7 Å². The third kappa shape index (κ3) is 3.25. The lowest BCUT2D eigenvalue weighted by atomic mass is 10.1. The zero-order chi connectivity index (χ0) is 12.8. The van der Waals surface area contributed by atoms with Crippen LogP contribution in [0.25, 0.3) is 0 Å². The molecule has 1 rings (SSSR count). The van der Waals surface area contributed by atoms with Crippen LogP contribution in [0.4, 0.5) is 5.69 Å². The molecule has 0 saturated carbocycles. The third-order valence-electron chi connectivity index (χ3n) is 2.52. The van der Waals surface area contributed by atoms with Crippen LogP contribution in [0, 0.1) is 12.3 Å². The predicted octanol–water partition coefficient (Wildman–Crippen LogP) is 2.84. The first-order valence-electron chi connectivity index (χ1n) is 5.58. The second-order valence-corrected chi connectivity index (χ2v) is 4.38. The highest BCUT2D eigenvalue weighted by Gasteiger charge is 2.20. The average molecular weight is 250 g/mol. The number of benzene rings is 1. The fraction of sp³-hybridized carbons (Fsp3) is 0.357. The van der Waals surface area contributed by atoms with E-state index in [4.69, 9.17) is 18.0 Å². The third-order valence-corrected chi connectivity index (χ3v) is 2.71. The molecular formula is C14H16ClNO. The Balaban J connectivity index is 3.14. The van der Waals surface area contributed by atoms with E-state index in [1.165, 1.54) is 0 Å². The second kappa shape index (κ2) is 6.32. The lowest BCUT2D eigenvalue weighted by Gasteiger charge is -2.24. The summed E-state index contributed by atoms with van der Waals surface area (Å²) in [4.78, 5) is 13.6. The minimum Gasteiger partial charge on any atom is -0.299 e. The monoisotopic (exact) mass is 249 g/mol. The number of amides is 1. The number of hydrogen-bond acceptors (Lipinski definition) is 1. The molecule has 1 amide bonds. The maximum Gasteiger partial charge on any atom is 0.245 e. The van der Waals surface area contributed by atoms with Crippen LogP contribution >= 0.6 is 11.6 Å². The lowest BCUT2D eigenvalue weighted by molar-refractivity contribution is -0.117. The molecule has 1 aromatic rings. The van der Waals surface area contributed by atoms with E-state index < -0.39 is 5.38 Å². The molecule has 0 bridgehead atoms. The zero-order valence-electron chi connectivity index (χ0n) is 10.1. The van der Waals surface area contributed by atoms with Gasteiger partial charge in [0, 0.05) is 5.69 Å². The van der Waals surface area contributed by atoms with Crippen LogP contribution < -0.4 is 4.90 Å². The number of halogens is 1. The van der Waals surface area contributed by atoms with E-state index in [1.54, 1.807) is 11.8 Å². The number of alkyl halides is 1. The molecule has 0 aliphatic rings. The fourth-order valence-electron chi connectivity index (χ4n) is 1.66. The Kier molecular flexibility index (Phi) is 5.06. The van der Waals surface area contributed by atoms with Crippen molar-refractivity contribution in [3.8, 4) is 12.3 Å². The number of aryl methyl sites for hydroxylation is 1. The van der Waals surface area contributed by atoms with Crippen LogP contribution in [0.5, 0.6) is 0 Å². The van der Waals surface area contributed by atoms with Gasteiger partial charge in [-0.2, -0.15) is 0 Å². The number of carbonyl (C=O) groups excluding carboxylic acids is 1. The minimum atomic E-state index is -0.576. The summed E-state index contributed by atoms with van der Waals surface area (Å²) in [6.45, 7) is 3.94. The van der Waals surface area contributed by atoms with Gasteiger partial charge in [-0.3, -0.25) is 9.69 Å². The van der Waals surface area contributed by atoms with Gasteiger partial charge in [-0.25, -0.2) is 0 Å². The molecule has 2 nitrogen and oxygen atoms in total. The highest BCUT2D eigenvalue weighted by atomic mass is 35.5. The number of carbonyl (C=O) groups is 1. The first-order chi connectivity index (χ1) is 8.11. The van der Waals surface area contributed by atoms with Crippen LogP contribution in [-0.4, -0.2) is 17.8 Å². The van der Waals surface area contributed by atoms with E-state index >= 15 is 0 Å². The number of terminal acetylenes is 1. The van der Waals surface area contributed by atoms with Gasteiger partial charge < -0.3 is 0 Å². The van der Waals surface area contributed by atoms with Gasteiger partial charge in [-0.15, -0.1) is 18.0 Å². The normalized spacial score (nSPS) is 11.6. The number of nitrogens with zero attached hydrogens (tertiary/aromatic N) is 1. The highest BCUT2D eigenvalue weighted by molar-refractivity contribution is 6.32. The van der Waals surface area contributed by atoms with Gasteiger partial charge in [-0.05, 0) is 25.0 Å². The molecule has 90 valence electrons. The van der Waals surface area contributed by atoms with Crippen LogP contribution in [0.3, 0.4) is 0 Å². The Bertz CT molecular complexity index is 434. The van der Waals surface area contributed by atoms with Crippen molar-refractivity contribution in [1.82, 2.24) is 0 Å². The summed E-state index contributed by atoms with van der Waals surface area (Å²) >= 11 is 5.84. The quantitative estimate of drug-likeness (QED) is 0.594. The number of anilines is 1. The summed E-state index contributed by atoms with van der Waals surface area (Å²) in [7, 11) is 0. The average Bonchev–Trinajstić information content (AvgIpc) is 2.35. The van der Waals surface area contributed by atoms with Gasteiger partial charge in [0.2, 0.25) is 5.91 Å². The Morgan fingerprint density at radius 2 is 2.18 bits per heavy atom. The molecule has 0 N–H and O–H groups in total. The van der Waals surface area contributed by atoms with Gasteiger partial charge in [0.25, 0.3) is 0 Å². The predicted molar refractivity (Wildman–Crippen MR) is 72.3 cm³/mol.